The molecule has 1 aliphatic heterocycles. The highest BCUT2D eigenvalue weighted by molar-refractivity contribution is 6.31. The minimum atomic E-state index is 0.140. The Morgan fingerprint density at radius 2 is 1.80 bits per heavy atom. The number of anilines is 1. The van der Waals surface area contributed by atoms with Gasteiger partial charge in [0.15, 0.2) is 22.1 Å². The van der Waals surface area contributed by atoms with Crippen LogP contribution < -0.4 is 9.64 Å². The Balaban J connectivity index is 1.58. The van der Waals surface area contributed by atoms with Crippen molar-refractivity contribution in [3.05, 3.63) is 46.3 Å². The summed E-state index contributed by atoms with van der Waals surface area (Å²) in [4.78, 5) is 19.3. The van der Waals surface area contributed by atoms with E-state index in [2.05, 4.69) is 24.8 Å². The Kier molecular flexibility index (Phi) is 4.55. The van der Waals surface area contributed by atoms with E-state index in [0.717, 1.165) is 25.9 Å². The van der Waals surface area contributed by atoms with Gasteiger partial charge in [0.25, 0.3) is 5.88 Å². The zero-order valence-corrected chi connectivity index (χ0v) is 14.8. The van der Waals surface area contributed by atoms with Crippen molar-refractivity contribution < 1.29 is 4.74 Å². The lowest BCUT2D eigenvalue weighted by Gasteiger charge is -2.32. The van der Waals surface area contributed by atoms with Gasteiger partial charge >= 0.3 is 0 Å². The molecule has 2 aromatic heterocycles. The molecule has 3 aromatic rings. The standard InChI is InChI=1S/C17H15Cl2N5O/c18-13-16(25-10-7-11-5-2-1-3-6-11)21-14-12(20-13)15(23-17(19)22-14)24-8-4-9-24/h1-3,5-6H,4,7-10H2. The van der Waals surface area contributed by atoms with Crippen molar-refractivity contribution in [2.45, 2.75) is 12.8 Å². The van der Waals surface area contributed by atoms with Crippen LogP contribution in [0, 0.1) is 0 Å². The molecule has 0 atom stereocenters. The molecule has 6 nitrogen and oxygen atoms in total. The van der Waals surface area contributed by atoms with Crippen molar-refractivity contribution >= 4 is 40.2 Å². The fourth-order valence-electron chi connectivity index (χ4n) is 2.62. The lowest BCUT2D eigenvalue weighted by molar-refractivity contribution is 0.309. The molecule has 128 valence electrons. The number of ether oxygens (including phenoxy) is 1. The molecule has 0 aliphatic carbocycles. The van der Waals surface area contributed by atoms with Gasteiger partial charge < -0.3 is 9.64 Å². The molecule has 0 N–H and O–H groups in total. The fraction of sp³-hybridized carbons (Fsp3) is 0.294. The quantitative estimate of drug-likeness (QED) is 0.635. The van der Waals surface area contributed by atoms with Crippen LogP contribution in [-0.2, 0) is 6.42 Å². The van der Waals surface area contributed by atoms with Crippen molar-refractivity contribution in [2.24, 2.45) is 0 Å². The molecule has 0 bridgehead atoms. The maximum atomic E-state index is 6.26. The molecule has 0 radical (unpaired) electrons. The Labute approximate surface area is 154 Å². The smallest absolute Gasteiger partial charge is 0.254 e. The van der Waals surface area contributed by atoms with E-state index in [1.807, 2.05) is 30.3 Å². The number of hydrogen-bond donors (Lipinski definition) is 0. The van der Waals surface area contributed by atoms with Crippen LogP contribution in [0.2, 0.25) is 10.4 Å². The molecular weight excluding hydrogens is 361 g/mol. The van der Waals surface area contributed by atoms with Crippen molar-refractivity contribution in [2.75, 3.05) is 24.6 Å². The summed E-state index contributed by atoms with van der Waals surface area (Å²) in [5.74, 6) is 0.931. The first kappa shape index (κ1) is 16.3. The van der Waals surface area contributed by atoms with Gasteiger partial charge in [-0.05, 0) is 23.6 Å². The van der Waals surface area contributed by atoms with Crippen molar-refractivity contribution in [1.29, 1.82) is 0 Å². The molecule has 4 rings (SSSR count). The van der Waals surface area contributed by atoms with Crippen LogP contribution in [0.3, 0.4) is 0 Å². The fourth-order valence-corrected chi connectivity index (χ4v) is 2.96. The normalized spacial score (nSPS) is 13.8. The lowest BCUT2D eigenvalue weighted by atomic mass is 10.2. The van der Waals surface area contributed by atoms with Crippen LogP contribution in [0.1, 0.15) is 12.0 Å². The highest BCUT2D eigenvalue weighted by atomic mass is 35.5. The molecular formula is C17H15Cl2N5O. The molecule has 0 spiro atoms. The van der Waals surface area contributed by atoms with E-state index in [1.54, 1.807) is 0 Å². The third-order valence-corrected chi connectivity index (χ3v) is 4.46. The number of fused-ring (bicyclic) bond motifs is 1. The van der Waals surface area contributed by atoms with Gasteiger partial charge in [0.2, 0.25) is 5.28 Å². The van der Waals surface area contributed by atoms with Crippen LogP contribution in [0.25, 0.3) is 11.2 Å². The summed E-state index contributed by atoms with van der Waals surface area (Å²) in [5, 5.41) is 0.342. The maximum absolute atomic E-state index is 6.26. The van der Waals surface area contributed by atoms with Gasteiger partial charge in [-0.25, -0.2) is 4.98 Å². The molecule has 0 amide bonds. The van der Waals surface area contributed by atoms with Crippen LogP contribution in [0.4, 0.5) is 5.82 Å². The third-order valence-electron chi connectivity index (χ3n) is 4.04. The highest BCUT2D eigenvalue weighted by Gasteiger charge is 2.22. The summed E-state index contributed by atoms with van der Waals surface area (Å²) < 4.78 is 5.71. The summed E-state index contributed by atoms with van der Waals surface area (Å²) in [5.41, 5.74) is 2.11. The van der Waals surface area contributed by atoms with Gasteiger partial charge in [0.05, 0.1) is 6.61 Å². The zero-order valence-electron chi connectivity index (χ0n) is 13.3. The first-order chi connectivity index (χ1) is 12.2. The van der Waals surface area contributed by atoms with Gasteiger partial charge in [-0.15, -0.1) is 0 Å². The Morgan fingerprint density at radius 3 is 2.52 bits per heavy atom. The number of nitrogens with zero attached hydrogens (tertiary/aromatic N) is 5. The van der Waals surface area contributed by atoms with E-state index >= 15 is 0 Å². The molecule has 0 saturated carbocycles. The van der Waals surface area contributed by atoms with Crippen molar-refractivity contribution in [3.8, 4) is 5.88 Å². The van der Waals surface area contributed by atoms with E-state index in [9.17, 15) is 0 Å². The van der Waals surface area contributed by atoms with Crippen LogP contribution in [-0.4, -0.2) is 39.6 Å². The van der Waals surface area contributed by atoms with E-state index in [1.165, 1.54) is 5.56 Å². The monoisotopic (exact) mass is 375 g/mol. The Hall–Kier alpha value is -2.18. The third kappa shape index (κ3) is 3.45. The predicted molar refractivity (Wildman–Crippen MR) is 97.6 cm³/mol. The van der Waals surface area contributed by atoms with Gasteiger partial charge in [0.1, 0.15) is 0 Å². The van der Waals surface area contributed by atoms with Crippen LogP contribution in [0.15, 0.2) is 30.3 Å². The average Bonchev–Trinajstić information content (AvgIpc) is 2.55. The predicted octanol–water partition coefficient (Wildman–Crippen LogP) is 3.56. The second-order valence-electron chi connectivity index (χ2n) is 5.73. The highest BCUT2D eigenvalue weighted by Crippen LogP contribution is 2.30. The largest absolute Gasteiger partial charge is 0.475 e. The molecule has 25 heavy (non-hydrogen) atoms. The second kappa shape index (κ2) is 6.98. The summed E-state index contributed by atoms with van der Waals surface area (Å²) in [6, 6.07) is 10.1. The summed E-state index contributed by atoms with van der Waals surface area (Å²) in [7, 11) is 0. The molecule has 1 fully saturated rings. The van der Waals surface area contributed by atoms with E-state index < -0.39 is 0 Å². The molecule has 1 saturated heterocycles. The molecule has 0 unspecified atom stereocenters. The van der Waals surface area contributed by atoms with E-state index in [-0.39, 0.29) is 16.3 Å². The van der Waals surface area contributed by atoms with Crippen molar-refractivity contribution in [1.82, 2.24) is 19.9 Å². The maximum Gasteiger partial charge on any atom is 0.254 e. The molecule has 8 heteroatoms. The molecule has 1 aliphatic rings. The minimum Gasteiger partial charge on any atom is -0.475 e. The number of halogens is 2. The van der Waals surface area contributed by atoms with Crippen LogP contribution >= 0.6 is 23.2 Å². The number of aromatic nitrogens is 4. The first-order valence-electron chi connectivity index (χ1n) is 8.03. The zero-order chi connectivity index (χ0) is 17.2. The topological polar surface area (TPSA) is 64.0 Å². The van der Waals surface area contributed by atoms with Gasteiger partial charge in [0, 0.05) is 19.5 Å². The number of hydrogen-bond acceptors (Lipinski definition) is 6. The Morgan fingerprint density at radius 1 is 1.00 bits per heavy atom. The van der Waals surface area contributed by atoms with Crippen molar-refractivity contribution in [3.63, 3.8) is 0 Å². The first-order valence-corrected chi connectivity index (χ1v) is 8.79. The molecule has 3 heterocycles. The van der Waals surface area contributed by atoms with E-state index in [0.29, 0.717) is 23.6 Å². The van der Waals surface area contributed by atoms with E-state index in [4.69, 9.17) is 27.9 Å². The SMILES string of the molecule is Clc1nc(N2CCC2)c2nc(Cl)c(OCCc3ccccc3)nc2n1. The average molecular weight is 376 g/mol. The molecule has 1 aromatic carbocycles. The summed E-state index contributed by atoms with van der Waals surface area (Å²) >= 11 is 12.3. The second-order valence-corrected chi connectivity index (χ2v) is 6.43. The van der Waals surface area contributed by atoms with Gasteiger partial charge in [-0.1, -0.05) is 41.9 Å². The van der Waals surface area contributed by atoms with Crippen LogP contribution in [0.5, 0.6) is 5.88 Å². The van der Waals surface area contributed by atoms with Gasteiger partial charge in [-0.2, -0.15) is 15.0 Å². The minimum absolute atomic E-state index is 0.140. The van der Waals surface area contributed by atoms with Gasteiger partial charge in [-0.3, -0.25) is 0 Å². The lowest BCUT2D eigenvalue weighted by Crippen LogP contribution is -2.38. The summed E-state index contributed by atoms with van der Waals surface area (Å²) in [6.45, 7) is 2.27. The number of benzene rings is 1. The summed E-state index contributed by atoms with van der Waals surface area (Å²) in [6.07, 6.45) is 1.87. The number of rotatable bonds is 5. The Bertz CT molecular complexity index is 902.